The van der Waals surface area contributed by atoms with Gasteiger partial charge in [0.25, 0.3) is 0 Å². The molecule has 0 atom stereocenters. The highest BCUT2D eigenvalue weighted by molar-refractivity contribution is 7.19. The molecule has 0 bridgehead atoms. The number of benzene rings is 2. The molecule has 2 heterocycles. The Morgan fingerprint density at radius 2 is 1.48 bits per heavy atom. The van der Waals surface area contributed by atoms with Crippen molar-refractivity contribution in [2.75, 3.05) is 5.73 Å². The van der Waals surface area contributed by atoms with E-state index in [0.717, 1.165) is 21.3 Å². The fraction of sp³-hybridized carbons (Fsp3) is 0.100. The average Bonchev–Trinajstić information content (AvgIpc) is 3.23. The van der Waals surface area contributed by atoms with Gasteiger partial charge in [-0.25, -0.2) is 9.97 Å². The van der Waals surface area contributed by atoms with E-state index < -0.39 is 0 Å². The van der Waals surface area contributed by atoms with E-state index in [0.29, 0.717) is 5.13 Å². The Bertz CT molecular complexity index is 935. The molecule has 4 aromatic rings. The van der Waals surface area contributed by atoms with E-state index >= 15 is 0 Å². The SMILES string of the molecule is Cc1nc(N)sc1-c1csc(C(c2ccccc2)c2ccccc2)n1. The van der Waals surface area contributed by atoms with Gasteiger partial charge in [-0.1, -0.05) is 72.0 Å². The molecule has 5 heteroatoms. The van der Waals surface area contributed by atoms with Gasteiger partial charge in [-0.15, -0.1) is 11.3 Å². The zero-order valence-corrected chi connectivity index (χ0v) is 15.3. The van der Waals surface area contributed by atoms with Gasteiger partial charge in [0.2, 0.25) is 0 Å². The number of anilines is 1. The predicted octanol–water partition coefficient (Wildman–Crippen LogP) is 5.34. The number of hydrogen-bond donors (Lipinski definition) is 1. The third-order valence-corrected chi connectivity index (χ3v) is 6.00. The number of nitrogens with two attached hydrogens (primary N) is 1. The monoisotopic (exact) mass is 363 g/mol. The van der Waals surface area contributed by atoms with E-state index in [-0.39, 0.29) is 5.92 Å². The highest BCUT2D eigenvalue weighted by Crippen LogP contribution is 2.38. The summed E-state index contributed by atoms with van der Waals surface area (Å²) in [5.74, 6) is 0.131. The molecule has 0 saturated heterocycles. The maximum Gasteiger partial charge on any atom is 0.180 e. The number of nitrogens with zero attached hydrogens (tertiary/aromatic N) is 2. The molecule has 2 aromatic carbocycles. The molecular weight excluding hydrogens is 346 g/mol. The zero-order chi connectivity index (χ0) is 17.2. The summed E-state index contributed by atoms with van der Waals surface area (Å²) < 4.78 is 0. The molecule has 0 fully saturated rings. The first-order valence-corrected chi connectivity index (χ1v) is 9.70. The van der Waals surface area contributed by atoms with Crippen molar-refractivity contribution < 1.29 is 0 Å². The summed E-state index contributed by atoms with van der Waals surface area (Å²) in [4.78, 5) is 10.3. The molecule has 2 aromatic heterocycles. The van der Waals surface area contributed by atoms with Gasteiger partial charge in [-0.2, -0.15) is 0 Å². The van der Waals surface area contributed by atoms with Crippen LogP contribution < -0.4 is 5.73 Å². The van der Waals surface area contributed by atoms with Gasteiger partial charge in [0.1, 0.15) is 5.01 Å². The Labute approximate surface area is 154 Å². The number of aromatic nitrogens is 2. The first-order chi connectivity index (χ1) is 12.2. The Kier molecular flexibility index (Phi) is 4.34. The molecule has 0 aliphatic rings. The summed E-state index contributed by atoms with van der Waals surface area (Å²) in [6, 6.07) is 21.0. The van der Waals surface area contributed by atoms with Gasteiger partial charge in [0, 0.05) is 5.38 Å². The summed E-state index contributed by atoms with van der Waals surface area (Å²) in [7, 11) is 0. The molecule has 0 radical (unpaired) electrons. The molecule has 0 amide bonds. The number of aryl methyl sites for hydroxylation is 1. The van der Waals surface area contributed by atoms with Gasteiger partial charge >= 0.3 is 0 Å². The van der Waals surface area contributed by atoms with Crippen molar-refractivity contribution in [1.82, 2.24) is 9.97 Å². The molecule has 124 valence electrons. The first-order valence-electron chi connectivity index (χ1n) is 8.01. The van der Waals surface area contributed by atoms with E-state index in [1.54, 1.807) is 11.3 Å². The van der Waals surface area contributed by atoms with E-state index in [9.17, 15) is 0 Å². The molecule has 25 heavy (non-hydrogen) atoms. The minimum atomic E-state index is 0.131. The van der Waals surface area contributed by atoms with Crippen molar-refractivity contribution in [2.24, 2.45) is 0 Å². The maximum atomic E-state index is 5.85. The second-order valence-corrected chi connectivity index (χ2v) is 7.71. The minimum Gasteiger partial charge on any atom is -0.375 e. The summed E-state index contributed by atoms with van der Waals surface area (Å²) in [5.41, 5.74) is 10.2. The molecule has 3 nitrogen and oxygen atoms in total. The normalized spacial score (nSPS) is 11.1. The van der Waals surface area contributed by atoms with E-state index in [1.807, 2.05) is 19.1 Å². The Balaban J connectivity index is 1.80. The van der Waals surface area contributed by atoms with Crippen molar-refractivity contribution in [3.8, 4) is 10.6 Å². The van der Waals surface area contributed by atoms with Gasteiger partial charge in [-0.3, -0.25) is 0 Å². The molecule has 0 spiro atoms. The van der Waals surface area contributed by atoms with Crippen LogP contribution in [-0.4, -0.2) is 9.97 Å². The standard InChI is InChI=1S/C20H17N3S2/c1-13-18(25-20(21)22-13)16-12-24-19(23-16)17(14-8-4-2-5-9-14)15-10-6-3-7-11-15/h2-12,17H,1H3,(H2,21,22). The quantitative estimate of drug-likeness (QED) is 0.532. The van der Waals surface area contributed by atoms with Crippen LogP contribution in [0.3, 0.4) is 0 Å². The zero-order valence-electron chi connectivity index (χ0n) is 13.7. The smallest absolute Gasteiger partial charge is 0.180 e. The first kappa shape index (κ1) is 16.0. The van der Waals surface area contributed by atoms with Gasteiger partial charge < -0.3 is 5.73 Å². The van der Waals surface area contributed by atoms with Crippen LogP contribution in [0.5, 0.6) is 0 Å². The number of thiazole rings is 2. The second kappa shape index (κ2) is 6.78. The van der Waals surface area contributed by atoms with E-state index in [2.05, 4.69) is 58.9 Å². The van der Waals surface area contributed by atoms with Crippen molar-refractivity contribution in [2.45, 2.75) is 12.8 Å². The molecule has 0 aliphatic heterocycles. The molecular formula is C20H17N3S2. The third-order valence-electron chi connectivity index (χ3n) is 4.08. The lowest BCUT2D eigenvalue weighted by molar-refractivity contribution is 0.958. The lowest BCUT2D eigenvalue weighted by Gasteiger charge is -2.15. The average molecular weight is 364 g/mol. The summed E-state index contributed by atoms with van der Waals surface area (Å²) in [5, 5.41) is 3.78. The Morgan fingerprint density at radius 3 is 2.00 bits per heavy atom. The molecule has 0 saturated carbocycles. The highest BCUT2D eigenvalue weighted by Gasteiger charge is 2.21. The van der Waals surface area contributed by atoms with Crippen LogP contribution in [0, 0.1) is 6.92 Å². The second-order valence-electron chi connectivity index (χ2n) is 5.79. The fourth-order valence-corrected chi connectivity index (χ4v) is 4.78. The number of hydrogen-bond acceptors (Lipinski definition) is 5. The van der Waals surface area contributed by atoms with E-state index in [4.69, 9.17) is 10.7 Å². The minimum absolute atomic E-state index is 0.131. The molecule has 0 unspecified atom stereocenters. The van der Waals surface area contributed by atoms with Crippen LogP contribution in [0.15, 0.2) is 66.0 Å². The van der Waals surface area contributed by atoms with Crippen LogP contribution in [0.1, 0.15) is 27.7 Å². The van der Waals surface area contributed by atoms with Crippen molar-refractivity contribution in [3.05, 3.63) is 87.9 Å². The number of rotatable bonds is 4. The lowest BCUT2D eigenvalue weighted by atomic mass is 9.92. The Morgan fingerprint density at radius 1 is 0.880 bits per heavy atom. The van der Waals surface area contributed by atoms with Gasteiger partial charge in [0.05, 0.1) is 22.2 Å². The summed E-state index contributed by atoms with van der Waals surface area (Å²) >= 11 is 3.18. The van der Waals surface area contributed by atoms with Crippen molar-refractivity contribution in [3.63, 3.8) is 0 Å². The predicted molar refractivity (Wildman–Crippen MR) is 106 cm³/mol. The Hall–Kier alpha value is -2.50. The molecule has 4 rings (SSSR count). The summed E-state index contributed by atoms with van der Waals surface area (Å²) in [6.45, 7) is 1.98. The van der Waals surface area contributed by atoms with Crippen LogP contribution in [0.2, 0.25) is 0 Å². The van der Waals surface area contributed by atoms with E-state index in [1.165, 1.54) is 22.5 Å². The lowest BCUT2D eigenvalue weighted by Crippen LogP contribution is -2.02. The van der Waals surface area contributed by atoms with Crippen LogP contribution in [0.4, 0.5) is 5.13 Å². The largest absolute Gasteiger partial charge is 0.375 e. The molecule has 2 N–H and O–H groups in total. The van der Waals surface area contributed by atoms with Crippen molar-refractivity contribution >= 4 is 27.8 Å². The van der Waals surface area contributed by atoms with Gasteiger partial charge in [0.15, 0.2) is 5.13 Å². The van der Waals surface area contributed by atoms with Crippen LogP contribution in [0.25, 0.3) is 10.6 Å². The van der Waals surface area contributed by atoms with Crippen LogP contribution in [-0.2, 0) is 0 Å². The van der Waals surface area contributed by atoms with Crippen LogP contribution >= 0.6 is 22.7 Å². The third kappa shape index (κ3) is 3.21. The molecule has 0 aliphatic carbocycles. The van der Waals surface area contributed by atoms with Gasteiger partial charge in [-0.05, 0) is 18.1 Å². The fourth-order valence-electron chi connectivity index (χ4n) is 2.95. The topological polar surface area (TPSA) is 51.8 Å². The summed E-state index contributed by atoms with van der Waals surface area (Å²) in [6.07, 6.45) is 0. The highest BCUT2D eigenvalue weighted by atomic mass is 32.1. The van der Waals surface area contributed by atoms with Crippen molar-refractivity contribution in [1.29, 1.82) is 0 Å². The number of nitrogen functional groups attached to an aromatic ring is 1. The maximum absolute atomic E-state index is 5.85.